The van der Waals surface area contributed by atoms with Gasteiger partial charge >= 0.3 is 0 Å². The van der Waals surface area contributed by atoms with Gasteiger partial charge in [0.25, 0.3) is 0 Å². The molecule has 19 heavy (non-hydrogen) atoms. The molecular formula is C12H25N3O3S. The van der Waals surface area contributed by atoms with Gasteiger partial charge in [-0.1, -0.05) is 6.92 Å². The fraction of sp³-hybridized carbons (Fsp3) is 0.917. The van der Waals surface area contributed by atoms with Crippen molar-refractivity contribution in [2.45, 2.75) is 39.3 Å². The minimum Gasteiger partial charge on any atom is -0.352 e. The first kappa shape index (κ1) is 16.4. The Labute approximate surface area is 116 Å². The topological polar surface area (TPSA) is 69.7 Å². The van der Waals surface area contributed by atoms with Crippen molar-refractivity contribution in [1.82, 2.24) is 14.5 Å². The van der Waals surface area contributed by atoms with E-state index in [0.29, 0.717) is 26.2 Å². The molecule has 0 aromatic heterocycles. The fourth-order valence-electron chi connectivity index (χ4n) is 2.05. The number of piperazine rings is 1. The SMILES string of the molecule is CCC(C)NC(=O)C(C)N1CCN(S(C)(=O)=O)CC1. The molecule has 0 saturated carbocycles. The molecule has 1 amide bonds. The molecule has 0 bridgehead atoms. The molecule has 0 radical (unpaired) electrons. The van der Waals surface area contributed by atoms with E-state index >= 15 is 0 Å². The van der Waals surface area contributed by atoms with Gasteiger partial charge < -0.3 is 5.32 Å². The number of sulfonamides is 1. The minimum atomic E-state index is -3.11. The third kappa shape index (κ3) is 4.74. The Hall–Kier alpha value is -0.660. The van der Waals surface area contributed by atoms with Gasteiger partial charge in [0.15, 0.2) is 0 Å². The summed E-state index contributed by atoms with van der Waals surface area (Å²) in [4.78, 5) is 14.0. The van der Waals surface area contributed by atoms with Gasteiger partial charge in [-0.2, -0.15) is 4.31 Å². The summed E-state index contributed by atoms with van der Waals surface area (Å²) >= 11 is 0. The van der Waals surface area contributed by atoms with Crippen LogP contribution in [-0.4, -0.2) is 68.0 Å². The highest BCUT2D eigenvalue weighted by Gasteiger charge is 2.28. The minimum absolute atomic E-state index is 0.0159. The van der Waals surface area contributed by atoms with Gasteiger partial charge in [0, 0.05) is 32.2 Å². The first-order valence-corrected chi connectivity index (χ1v) is 8.60. The van der Waals surface area contributed by atoms with Crippen molar-refractivity contribution >= 4 is 15.9 Å². The molecule has 0 aliphatic carbocycles. The number of amides is 1. The number of nitrogens with zero attached hydrogens (tertiary/aromatic N) is 2. The van der Waals surface area contributed by atoms with Crippen LogP contribution in [0.5, 0.6) is 0 Å². The third-order valence-corrected chi connectivity index (χ3v) is 4.97. The number of hydrogen-bond donors (Lipinski definition) is 1. The van der Waals surface area contributed by atoms with Gasteiger partial charge in [-0.05, 0) is 20.3 Å². The highest BCUT2D eigenvalue weighted by molar-refractivity contribution is 7.88. The Bertz CT molecular complexity index is 402. The van der Waals surface area contributed by atoms with Gasteiger partial charge in [0.2, 0.25) is 15.9 Å². The molecule has 1 aliphatic rings. The number of nitrogens with one attached hydrogen (secondary N) is 1. The molecule has 1 heterocycles. The first-order valence-electron chi connectivity index (χ1n) is 6.75. The number of carbonyl (C=O) groups excluding carboxylic acids is 1. The van der Waals surface area contributed by atoms with Crippen LogP contribution in [0.1, 0.15) is 27.2 Å². The zero-order valence-corrected chi connectivity index (χ0v) is 13.0. The van der Waals surface area contributed by atoms with Crippen LogP contribution in [-0.2, 0) is 14.8 Å². The van der Waals surface area contributed by atoms with Gasteiger partial charge in [-0.25, -0.2) is 8.42 Å². The predicted octanol–water partition coefficient (Wildman–Crippen LogP) is -0.133. The zero-order chi connectivity index (χ0) is 14.6. The summed E-state index contributed by atoms with van der Waals surface area (Å²) in [6, 6.07) is -0.0389. The molecule has 1 saturated heterocycles. The highest BCUT2D eigenvalue weighted by Crippen LogP contribution is 2.09. The summed E-state index contributed by atoms with van der Waals surface area (Å²) in [7, 11) is -3.11. The quantitative estimate of drug-likeness (QED) is 0.766. The van der Waals surface area contributed by atoms with Crippen LogP contribution in [0.4, 0.5) is 0 Å². The molecule has 2 atom stereocenters. The molecule has 1 fully saturated rings. The normalized spacial score (nSPS) is 21.9. The van der Waals surface area contributed by atoms with Crippen molar-refractivity contribution < 1.29 is 13.2 Å². The fourth-order valence-corrected chi connectivity index (χ4v) is 2.88. The maximum atomic E-state index is 12.0. The molecular weight excluding hydrogens is 266 g/mol. The van der Waals surface area contributed by atoms with E-state index < -0.39 is 10.0 Å². The molecule has 7 heteroatoms. The summed E-state index contributed by atoms with van der Waals surface area (Å²) in [6.45, 7) is 7.99. The number of rotatable bonds is 5. The Morgan fingerprint density at radius 1 is 1.21 bits per heavy atom. The Morgan fingerprint density at radius 3 is 2.16 bits per heavy atom. The lowest BCUT2D eigenvalue weighted by Gasteiger charge is -2.36. The molecule has 1 N–H and O–H groups in total. The standard InChI is InChI=1S/C12H25N3O3S/c1-5-10(2)13-12(16)11(3)14-6-8-15(9-7-14)19(4,17)18/h10-11H,5-9H2,1-4H3,(H,13,16). The van der Waals surface area contributed by atoms with Crippen LogP contribution in [0.15, 0.2) is 0 Å². The van der Waals surface area contributed by atoms with E-state index in [1.807, 2.05) is 25.7 Å². The average Bonchev–Trinajstić information content (AvgIpc) is 2.36. The Morgan fingerprint density at radius 2 is 1.74 bits per heavy atom. The zero-order valence-electron chi connectivity index (χ0n) is 12.2. The van der Waals surface area contributed by atoms with Crippen LogP contribution in [0.25, 0.3) is 0 Å². The largest absolute Gasteiger partial charge is 0.352 e. The van der Waals surface area contributed by atoms with E-state index in [1.54, 1.807) is 0 Å². The Balaban J connectivity index is 2.49. The maximum absolute atomic E-state index is 12.0. The second-order valence-corrected chi connectivity index (χ2v) is 7.17. The average molecular weight is 291 g/mol. The van der Waals surface area contributed by atoms with Crippen molar-refractivity contribution in [1.29, 1.82) is 0 Å². The lowest BCUT2D eigenvalue weighted by atomic mass is 10.2. The molecule has 0 aromatic carbocycles. The first-order chi connectivity index (χ1) is 8.75. The maximum Gasteiger partial charge on any atom is 0.237 e. The molecule has 1 rings (SSSR count). The van der Waals surface area contributed by atoms with E-state index in [2.05, 4.69) is 5.32 Å². The van der Waals surface area contributed by atoms with Crippen LogP contribution >= 0.6 is 0 Å². The summed E-state index contributed by atoms with van der Waals surface area (Å²) in [5, 5.41) is 2.96. The monoisotopic (exact) mass is 291 g/mol. The van der Waals surface area contributed by atoms with Gasteiger partial charge in [-0.3, -0.25) is 9.69 Å². The third-order valence-electron chi connectivity index (χ3n) is 3.67. The molecule has 1 aliphatic heterocycles. The second-order valence-electron chi connectivity index (χ2n) is 5.19. The number of carbonyl (C=O) groups is 1. The van der Waals surface area contributed by atoms with Crippen molar-refractivity contribution in [3.8, 4) is 0 Å². The lowest BCUT2D eigenvalue weighted by molar-refractivity contribution is -0.126. The van der Waals surface area contributed by atoms with Crippen molar-refractivity contribution in [3.05, 3.63) is 0 Å². The van der Waals surface area contributed by atoms with Crippen LogP contribution in [0.2, 0.25) is 0 Å². The molecule has 2 unspecified atom stereocenters. The van der Waals surface area contributed by atoms with E-state index in [1.165, 1.54) is 10.6 Å². The van der Waals surface area contributed by atoms with Crippen LogP contribution in [0.3, 0.4) is 0 Å². The molecule has 0 spiro atoms. The Kier molecular flexibility index (Phi) is 5.76. The van der Waals surface area contributed by atoms with E-state index in [9.17, 15) is 13.2 Å². The van der Waals surface area contributed by atoms with Crippen molar-refractivity contribution in [2.24, 2.45) is 0 Å². The van der Waals surface area contributed by atoms with Crippen LogP contribution in [0, 0.1) is 0 Å². The van der Waals surface area contributed by atoms with Crippen molar-refractivity contribution in [3.63, 3.8) is 0 Å². The molecule has 0 aromatic rings. The number of hydrogen-bond acceptors (Lipinski definition) is 4. The van der Waals surface area contributed by atoms with Gasteiger partial charge in [0.1, 0.15) is 0 Å². The lowest BCUT2D eigenvalue weighted by Crippen LogP contribution is -2.55. The highest BCUT2D eigenvalue weighted by atomic mass is 32.2. The smallest absolute Gasteiger partial charge is 0.237 e. The van der Waals surface area contributed by atoms with E-state index in [-0.39, 0.29) is 18.0 Å². The summed E-state index contributed by atoms with van der Waals surface area (Å²) < 4.78 is 24.3. The van der Waals surface area contributed by atoms with E-state index in [4.69, 9.17) is 0 Å². The molecule has 112 valence electrons. The molecule has 6 nitrogen and oxygen atoms in total. The summed E-state index contributed by atoms with van der Waals surface area (Å²) in [5.41, 5.74) is 0. The van der Waals surface area contributed by atoms with Gasteiger partial charge in [-0.15, -0.1) is 0 Å². The van der Waals surface area contributed by atoms with Gasteiger partial charge in [0.05, 0.1) is 12.3 Å². The second kappa shape index (κ2) is 6.67. The van der Waals surface area contributed by atoms with Crippen LogP contribution < -0.4 is 5.32 Å². The van der Waals surface area contributed by atoms with E-state index in [0.717, 1.165) is 6.42 Å². The summed E-state index contributed by atoms with van der Waals surface area (Å²) in [6.07, 6.45) is 2.13. The summed E-state index contributed by atoms with van der Waals surface area (Å²) in [5.74, 6) is 0.0159. The predicted molar refractivity (Wildman–Crippen MR) is 75.3 cm³/mol. The van der Waals surface area contributed by atoms with Crippen molar-refractivity contribution in [2.75, 3.05) is 32.4 Å².